The summed E-state index contributed by atoms with van der Waals surface area (Å²) in [5.74, 6) is -1.33. The molecule has 0 unspecified atom stereocenters. The minimum Gasteiger partial charge on any atom is -0.493 e. The molecule has 15 heteroatoms. The second-order valence-corrected chi connectivity index (χ2v) is 11.2. The summed E-state index contributed by atoms with van der Waals surface area (Å²) in [6.07, 6.45) is -3.35. The van der Waals surface area contributed by atoms with Crippen molar-refractivity contribution in [2.45, 2.75) is 6.18 Å². The highest BCUT2D eigenvalue weighted by Gasteiger charge is 2.31. The fraction of sp³-hybridized carbons (Fsp3) is 0.125. The summed E-state index contributed by atoms with van der Waals surface area (Å²) in [5, 5.41) is 6.46. The molecule has 2 amide bonds. The lowest BCUT2D eigenvalue weighted by atomic mass is 10.1. The third-order valence-electron chi connectivity index (χ3n) is 6.34. The number of amides is 2. The Bertz CT molecular complexity index is 1840. The highest BCUT2D eigenvalue weighted by atomic mass is 79.9. The van der Waals surface area contributed by atoms with Gasteiger partial charge in [-0.15, -0.1) is 0 Å². The number of hydrogen-bond donors (Lipinski definition) is 2. The molecule has 0 radical (unpaired) electrons. The Morgan fingerprint density at radius 1 is 0.766 bits per heavy atom. The zero-order chi connectivity index (χ0) is 34.3. The molecule has 0 aromatic heterocycles. The van der Waals surface area contributed by atoms with Gasteiger partial charge in [0.25, 0.3) is 11.8 Å². The summed E-state index contributed by atoms with van der Waals surface area (Å²) in [5.41, 5.74) is 1.84. The van der Waals surface area contributed by atoms with Gasteiger partial charge in [-0.1, -0.05) is 28.1 Å². The fourth-order valence-electron chi connectivity index (χ4n) is 4.14. The molecular formula is C32H24Br2F3N3O7. The number of ether oxygens (including phenoxy) is 4. The van der Waals surface area contributed by atoms with Gasteiger partial charge in [0.15, 0.2) is 17.2 Å². The van der Waals surface area contributed by atoms with Crippen LogP contribution in [0.1, 0.15) is 42.2 Å². The summed E-state index contributed by atoms with van der Waals surface area (Å²) in [6.45, 7) is 0. The minimum atomic E-state index is -4.61. The van der Waals surface area contributed by atoms with Crippen molar-refractivity contribution in [3.05, 3.63) is 110 Å². The zero-order valence-electron chi connectivity index (χ0n) is 24.7. The van der Waals surface area contributed by atoms with Crippen molar-refractivity contribution in [1.29, 1.82) is 0 Å². The maximum absolute atomic E-state index is 13.2. The number of rotatable bonds is 10. The normalized spacial score (nSPS) is 11.1. The first kappa shape index (κ1) is 35.0. The first-order valence-corrected chi connectivity index (χ1v) is 14.9. The number of nitrogens with zero attached hydrogens (tertiary/aromatic N) is 1. The number of esters is 1. The average Bonchev–Trinajstić information content (AvgIpc) is 3.05. The Morgan fingerprint density at radius 2 is 1.40 bits per heavy atom. The van der Waals surface area contributed by atoms with Crippen molar-refractivity contribution >= 4 is 61.5 Å². The topological polar surface area (TPSA) is 125 Å². The molecule has 0 atom stereocenters. The molecule has 244 valence electrons. The van der Waals surface area contributed by atoms with Crippen LogP contribution < -0.4 is 29.7 Å². The molecule has 0 saturated heterocycles. The van der Waals surface area contributed by atoms with Gasteiger partial charge in [0.05, 0.1) is 43.1 Å². The molecular weight excluding hydrogens is 755 g/mol. The molecule has 4 rings (SSSR count). The number of nitrogens with one attached hydrogen (secondary N) is 2. The first-order valence-electron chi connectivity index (χ1n) is 13.3. The van der Waals surface area contributed by atoms with Crippen molar-refractivity contribution in [3.63, 3.8) is 0 Å². The van der Waals surface area contributed by atoms with Gasteiger partial charge in [0.1, 0.15) is 0 Å². The standard InChI is InChI=1S/C32H24Br2F3N3O7/c1-44-25-13-19(14-26(45-2)28(25)46-3)31(43)47-27-20(11-22(33)15-24(27)34)16-38-40-30(42)18-7-5-9-23(12-18)39-29(41)17-6-4-8-21(10-17)32(35,36)37/h4-16H,1-3H3,(H,39,41)(H,40,42). The van der Waals surface area contributed by atoms with Crippen LogP contribution in [0.3, 0.4) is 0 Å². The van der Waals surface area contributed by atoms with Crippen LogP contribution in [0.5, 0.6) is 23.0 Å². The number of alkyl halides is 3. The molecule has 2 N–H and O–H groups in total. The van der Waals surface area contributed by atoms with E-state index in [1.165, 1.54) is 70.0 Å². The Balaban J connectivity index is 1.49. The predicted molar refractivity (Wildman–Crippen MR) is 174 cm³/mol. The Hall–Kier alpha value is -4.89. The summed E-state index contributed by atoms with van der Waals surface area (Å²) >= 11 is 6.75. The van der Waals surface area contributed by atoms with E-state index in [0.29, 0.717) is 20.3 Å². The number of benzene rings is 4. The van der Waals surface area contributed by atoms with E-state index in [4.69, 9.17) is 18.9 Å². The summed E-state index contributed by atoms with van der Waals surface area (Å²) in [4.78, 5) is 38.6. The highest BCUT2D eigenvalue weighted by molar-refractivity contribution is 9.11. The molecule has 4 aromatic rings. The van der Waals surface area contributed by atoms with Crippen LogP contribution in [-0.2, 0) is 6.18 Å². The molecule has 10 nitrogen and oxygen atoms in total. The van der Waals surface area contributed by atoms with E-state index in [1.54, 1.807) is 12.1 Å². The van der Waals surface area contributed by atoms with Crippen molar-refractivity contribution in [2.24, 2.45) is 5.10 Å². The van der Waals surface area contributed by atoms with Crippen LogP contribution in [0.4, 0.5) is 18.9 Å². The van der Waals surface area contributed by atoms with E-state index in [-0.39, 0.29) is 39.6 Å². The summed E-state index contributed by atoms with van der Waals surface area (Å²) in [7, 11) is 4.25. The largest absolute Gasteiger partial charge is 0.493 e. The molecule has 0 heterocycles. The van der Waals surface area contributed by atoms with E-state index in [2.05, 4.69) is 47.7 Å². The van der Waals surface area contributed by atoms with E-state index in [0.717, 1.165) is 18.2 Å². The fourth-order valence-corrected chi connectivity index (χ4v) is 5.48. The smallest absolute Gasteiger partial charge is 0.416 e. The van der Waals surface area contributed by atoms with Crippen LogP contribution in [0, 0.1) is 0 Å². The van der Waals surface area contributed by atoms with Gasteiger partial charge >= 0.3 is 12.1 Å². The van der Waals surface area contributed by atoms with Gasteiger partial charge in [0.2, 0.25) is 5.75 Å². The summed E-state index contributed by atoms with van der Waals surface area (Å²) < 4.78 is 61.7. The molecule has 47 heavy (non-hydrogen) atoms. The van der Waals surface area contributed by atoms with Gasteiger partial charge < -0.3 is 24.3 Å². The van der Waals surface area contributed by atoms with Crippen LogP contribution in [-0.4, -0.2) is 45.3 Å². The second-order valence-electron chi connectivity index (χ2n) is 9.42. The molecule has 0 fully saturated rings. The Morgan fingerprint density at radius 3 is 2.02 bits per heavy atom. The zero-order valence-corrected chi connectivity index (χ0v) is 27.9. The quantitative estimate of drug-likeness (QED) is 0.0740. The average molecular weight is 779 g/mol. The first-order chi connectivity index (χ1) is 22.3. The van der Waals surface area contributed by atoms with Crippen molar-refractivity contribution in [2.75, 3.05) is 26.6 Å². The molecule has 0 bridgehead atoms. The summed E-state index contributed by atoms with van der Waals surface area (Å²) in [6, 6.07) is 15.8. The van der Waals surface area contributed by atoms with E-state index < -0.39 is 29.5 Å². The van der Waals surface area contributed by atoms with Crippen LogP contribution >= 0.6 is 31.9 Å². The number of carbonyl (C=O) groups excluding carboxylic acids is 3. The van der Waals surface area contributed by atoms with Crippen molar-refractivity contribution in [3.8, 4) is 23.0 Å². The van der Waals surface area contributed by atoms with Gasteiger partial charge in [-0.25, -0.2) is 10.2 Å². The third kappa shape index (κ3) is 8.68. The monoisotopic (exact) mass is 777 g/mol. The number of halogens is 5. The van der Waals surface area contributed by atoms with E-state index in [1.807, 2.05) is 0 Å². The molecule has 4 aromatic carbocycles. The lowest BCUT2D eigenvalue weighted by Gasteiger charge is -2.15. The van der Waals surface area contributed by atoms with Crippen LogP contribution in [0.15, 0.2) is 86.8 Å². The van der Waals surface area contributed by atoms with Gasteiger partial charge in [-0.05, 0) is 76.6 Å². The molecule has 0 aliphatic heterocycles. The maximum atomic E-state index is 13.2. The number of methoxy groups -OCH3 is 3. The second kappa shape index (κ2) is 15.1. The Kier molecular flexibility index (Phi) is 11.3. The van der Waals surface area contributed by atoms with Crippen molar-refractivity contribution < 1.29 is 46.5 Å². The number of hydrogen-bond acceptors (Lipinski definition) is 8. The molecule has 0 spiro atoms. The SMILES string of the molecule is COc1cc(C(=O)Oc2c(Br)cc(Br)cc2C=NNC(=O)c2cccc(NC(=O)c3cccc(C(F)(F)F)c3)c2)cc(OC)c1OC. The van der Waals surface area contributed by atoms with Crippen LogP contribution in [0.2, 0.25) is 0 Å². The molecule has 0 aliphatic carbocycles. The third-order valence-corrected chi connectivity index (χ3v) is 7.38. The number of hydrazone groups is 1. The number of anilines is 1. The van der Waals surface area contributed by atoms with Gasteiger partial charge in [0, 0.05) is 26.9 Å². The maximum Gasteiger partial charge on any atom is 0.416 e. The lowest BCUT2D eigenvalue weighted by molar-refractivity contribution is -0.137. The molecule has 0 saturated carbocycles. The van der Waals surface area contributed by atoms with Gasteiger partial charge in [-0.2, -0.15) is 18.3 Å². The van der Waals surface area contributed by atoms with Crippen LogP contribution in [0.25, 0.3) is 0 Å². The van der Waals surface area contributed by atoms with E-state index in [9.17, 15) is 27.6 Å². The lowest BCUT2D eigenvalue weighted by Crippen LogP contribution is -2.19. The number of carbonyl (C=O) groups is 3. The van der Waals surface area contributed by atoms with E-state index >= 15 is 0 Å². The van der Waals surface area contributed by atoms with Crippen molar-refractivity contribution in [1.82, 2.24) is 5.43 Å². The highest BCUT2D eigenvalue weighted by Crippen LogP contribution is 2.39. The Labute approximate surface area is 283 Å². The van der Waals surface area contributed by atoms with Gasteiger partial charge in [-0.3, -0.25) is 9.59 Å². The molecule has 0 aliphatic rings. The predicted octanol–water partition coefficient (Wildman–Crippen LogP) is 7.49. The minimum absolute atomic E-state index is 0.0873.